The lowest BCUT2D eigenvalue weighted by Gasteiger charge is -2.27. The van der Waals surface area contributed by atoms with Crippen LogP contribution in [0.5, 0.6) is 0 Å². The molecule has 88 valence electrons. The Morgan fingerprint density at radius 3 is 2.62 bits per heavy atom. The molecule has 0 spiro atoms. The second-order valence-electron chi connectivity index (χ2n) is 4.56. The summed E-state index contributed by atoms with van der Waals surface area (Å²) in [4.78, 5) is 2.22. The summed E-state index contributed by atoms with van der Waals surface area (Å²) in [6.45, 7) is 2.01. The Morgan fingerprint density at radius 2 is 2.12 bits per heavy atom. The van der Waals surface area contributed by atoms with Crippen LogP contribution in [-0.2, 0) is 5.41 Å². The van der Waals surface area contributed by atoms with Crippen LogP contribution >= 0.6 is 23.2 Å². The second kappa shape index (κ2) is 4.53. The highest BCUT2D eigenvalue weighted by Crippen LogP contribution is 2.36. The zero-order valence-electron chi connectivity index (χ0n) is 9.21. The van der Waals surface area contributed by atoms with E-state index in [0.29, 0.717) is 10.0 Å². The Balaban J connectivity index is 2.37. The molecule has 1 fully saturated rings. The van der Waals surface area contributed by atoms with Crippen LogP contribution in [0, 0.1) is 0 Å². The Labute approximate surface area is 106 Å². The molecule has 0 bridgehead atoms. The first kappa shape index (κ1) is 12.2. The number of halogens is 2. The van der Waals surface area contributed by atoms with Crippen molar-refractivity contribution in [3.8, 4) is 0 Å². The maximum atomic E-state index is 9.65. The summed E-state index contributed by atoms with van der Waals surface area (Å²) in [5, 5.41) is 10.8. The van der Waals surface area contributed by atoms with Crippen LogP contribution in [0.4, 0.5) is 0 Å². The largest absolute Gasteiger partial charge is 0.395 e. The average Bonchev–Trinajstić information content (AvgIpc) is 2.65. The van der Waals surface area contributed by atoms with Gasteiger partial charge in [0.15, 0.2) is 0 Å². The van der Waals surface area contributed by atoms with Gasteiger partial charge in [-0.3, -0.25) is 0 Å². The fourth-order valence-electron chi connectivity index (χ4n) is 2.36. The van der Waals surface area contributed by atoms with Crippen LogP contribution in [0.25, 0.3) is 0 Å². The van der Waals surface area contributed by atoms with Gasteiger partial charge in [0.05, 0.1) is 16.7 Å². The van der Waals surface area contributed by atoms with Crippen molar-refractivity contribution < 1.29 is 5.11 Å². The van der Waals surface area contributed by atoms with Gasteiger partial charge in [-0.15, -0.1) is 0 Å². The molecule has 0 aromatic heterocycles. The number of aliphatic hydroxyl groups excluding tert-OH is 1. The van der Waals surface area contributed by atoms with Crippen molar-refractivity contribution in [3.05, 3.63) is 33.8 Å². The van der Waals surface area contributed by atoms with Crippen molar-refractivity contribution in [1.29, 1.82) is 0 Å². The Morgan fingerprint density at radius 1 is 1.38 bits per heavy atom. The quantitative estimate of drug-likeness (QED) is 0.883. The van der Waals surface area contributed by atoms with Crippen molar-refractivity contribution in [2.24, 2.45) is 0 Å². The predicted octanol–water partition coefficient (Wildman–Crippen LogP) is 2.56. The molecular formula is C12H15Cl2NO. The van der Waals surface area contributed by atoms with E-state index in [1.54, 1.807) is 6.07 Å². The molecule has 1 aromatic rings. The van der Waals surface area contributed by atoms with Crippen molar-refractivity contribution in [1.82, 2.24) is 4.90 Å². The van der Waals surface area contributed by atoms with Crippen LogP contribution < -0.4 is 0 Å². The molecule has 1 aliphatic heterocycles. The highest BCUT2D eigenvalue weighted by molar-refractivity contribution is 6.42. The number of nitrogens with zero attached hydrogens (tertiary/aromatic N) is 1. The highest BCUT2D eigenvalue weighted by atomic mass is 35.5. The number of hydrogen-bond acceptors (Lipinski definition) is 2. The monoisotopic (exact) mass is 259 g/mol. The number of hydrogen-bond donors (Lipinski definition) is 1. The Kier molecular flexibility index (Phi) is 3.45. The standard InChI is InChI=1S/C12H15Cl2NO/c1-15-5-4-12(7-15,8-16)9-2-3-10(13)11(14)6-9/h2-3,6,16H,4-5,7-8H2,1H3. The number of aliphatic hydroxyl groups is 1. The summed E-state index contributed by atoms with van der Waals surface area (Å²) < 4.78 is 0. The molecule has 1 aromatic carbocycles. The number of likely N-dealkylation sites (N-methyl/N-ethyl adjacent to an activating group) is 1. The minimum atomic E-state index is -0.178. The highest BCUT2D eigenvalue weighted by Gasteiger charge is 2.37. The maximum absolute atomic E-state index is 9.65. The molecular weight excluding hydrogens is 245 g/mol. The average molecular weight is 260 g/mol. The van der Waals surface area contributed by atoms with Gasteiger partial charge in [-0.1, -0.05) is 29.3 Å². The second-order valence-corrected chi connectivity index (χ2v) is 5.37. The third-order valence-electron chi connectivity index (χ3n) is 3.38. The molecule has 1 N–H and O–H groups in total. The van der Waals surface area contributed by atoms with Gasteiger partial charge in [-0.25, -0.2) is 0 Å². The van der Waals surface area contributed by atoms with E-state index in [1.807, 2.05) is 12.1 Å². The zero-order valence-corrected chi connectivity index (χ0v) is 10.7. The molecule has 0 amide bonds. The first-order valence-corrected chi connectivity index (χ1v) is 6.08. The van der Waals surface area contributed by atoms with Gasteiger partial charge in [0.1, 0.15) is 0 Å². The molecule has 1 unspecified atom stereocenters. The molecule has 0 aliphatic carbocycles. The summed E-state index contributed by atoms with van der Waals surface area (Å²) in [5.74, 6) is 0. The van der Waals surface area contributed by atoms with Crippen molar-refractivity contribution >= 4 is 23.2 Å². The molecule has 4 heteroatoms. The molecule has 1 atom stereocenters. The number of rotatable bonds is 2. The molecule has 2 rings (SSSR count). The molecule has 0 radical (unpaired) electrons. The summed E-state index contributed by atoms with van der Waals surface area (Å²) in [6.07, 6.45) is 0.956. The summed E-state index contributed by atoms with van der Waals surface area (Å²) in [7, 11) is 2.06. The van der Waals surface area contributed by atoms with E-state index < -0.39 is 0 Å². The lowest BCUT2D eigenvalue weighted by Crippen LogP contribution is -2.33. The molecule has 1 saturated heterocycles. The van der Waals surface area contributed by atoms with Gasteiger partial charge in [-0.05, 0) is 37.7 Å². The SMILES string of the molecule is CN1CCC(CO)(c2ccc(Cl)c(Cl)c2)C1. The minimum Gasteiger partial charge on any atom is -0.395 e. The normalized spacial score (nSPS) is 26.2. The van der Waals surface area contributed by atoms with Gasteiger partial charge in [0.2, 0.25) is 0 Å². The molecule has 2 nitrogen and oxygen atoms in total. The Bertz CT molecular complexity index is 397. The van der Waals surface area contributed by atoms with E-state index in [-0.39, 0.29) is 12.0 Å². The van der Waals surface area contributed by atoms with Crippen LogP contribution in [0.1, 0.15) is 12.0 Å². The van der Waals surface area contributed by atoms with E-state index in [9.17, 15) is 5.11 Å². The van der Waals surface area contributed by atoms with E-state index in [0.717, 1.165) is 25.1 Å². The molecule has 16 heavy (non-hydrogen) atoms. The smallest absolute Gasteiger partial charge is 0.0595 e. The fraction of sp³-hybridized carbons (Fsp3) is 0.500. The summed E-state index contributed by atoms with van der Waals surface area (Å²) >= 11 is 11.9. The van der Waals surface area contributed by atoms with Crippen molar-refractivity contribution in [2.45, 2.75) is 11.8 Å². The molecule has 0 saturated carbocycles. The first-order valence-electron chi connectivity index (χ1n) is 5.32. The first-order chi connectivity index (χ1) is 7.57. The molecule has 1 heterocycles. The van der Waals surface area contributed by atoms with E-state index in [2.05, 4.69) is 11.9 Å². The van der Waals surface area contributed by atoms with Gasteiger partial charge in [-0.2, -0.15) is 0 Å². The predicted molar refractivity (Wildman–Crippen MR) is 67.3 cm³/mol. The lowest BCUT2D eigenvalue weighted by molar-refractivity contribution is 0.195. The van der Waals surface area contributed by atoms with Crippen LogP contribution in [0.15, 0.2) is 18.2 Å². The van der Waals surface area contributed by atoms with E-state index in [1.165, 1.54) is 0 Å². The van der Waals surface area contributed by atoms with Crippen molar-refractivity contribution in [2.75, 3.05) is 26.7 Å². The van der Waals surface area contributed by atoms with Crippen molar-refractivity contribution in [3.63, 3.8) is 0 Å². The van der Waals surface area contributed by atoms with Gasteiger partial charge < -0.3 is 10.0 Å². The number of likely N-dealkylation sites (tertiary alicyclic amines) is 1. The van der Waals surface area contributed by atoms with E-state index >= 15 is 0 Å². The topological polar surface area (TPSA) is 23.5 Å². The van der Waals surface area contributed by atoms with E-state index in [4.69, 9.17) is 23.2 Å². The summed E-state index contributed by atoms with van der Waals surface area (Å²) in [6, 6.07) is 5.64. The van der Waals surface area contributed by atoms with Crippen LogP contribution in [-0.4, -0.2) is 36.8 Å². The van der Waals surface area contributed by atoms with Gasteiger partial charge in [0.25, 0.3) is 0 Å². The van der Waals surface area contributed by atoms with Crippen LogP contribution in [0.3, 0.4) is 0 Å². The summed E-state index contributed by atoms with van der Waals surface area (Å²) in [5.41, 5.74) is 0.900. The maximum Gasteiger partial charge on any atom is 0.0595 e. The molecule has 1 aliphatic rings. The number of benzene rings is 1. The third kappa shape index (κ3) is 2.07. The zero-order chi connectivity index (χ0) is 11.8. The third-order valence-corrected chi connectivity index (χ3v) is 4.12. The fourth-order valence-corrected chi connectivity index (χ4v) is 2.66. The lowest BCUT2D eigenvalue weighted by atomic mass is 9.80. The van der Waals surface area contributed by atoms with Gasteiger partial charge >= 0.3 is 0 Å². The Hall–Kier alpha value is -0.280. The minimum absolute atomic E-state index is 0.148. The van der Waals surface area contributed by atoms with Gasteiger partial charge in [0, 0.05) is 12.0 Å². The van der Waals surface area contributed by atoms with Crippen LogP contribution in [0.2, 0.25) is 10.0 Å².